The summed E-state index contributed by atoms with van der Waals surface area (Å²) in [6.45, 7) is 6.39. The molecule has 2 aromatic carbocycles. The average molecular weight is 530 g/mol. The Bertz CT molecular complexity index is 1350. The van der Waals surface area contributed by atoms with Crippen molar-refractivity contribution in [3.05, 3.63) is 84.1 Å². The third kappa shape index (κ3) is 6.38. The number of nitrogens with zero attached hydrogens (tertiary/aromatic N) is 5. The number of ether oxygens (including phenoxy) is 1. The molecule has 2 atom stereocenters. The zero-order valence-corrected chi connectivity index (χ0v) is 21.9. The Hall–Kier alpha value is -4.80. The molecule has 2 amide bonds. The highest BCUT2D eigenvalue weighted by Gasteiger charge is 2.34. The Morgan fingerprint density at radius 2 is 1.87 bits per heavy atom. The summed E-state index contributed by atoms with van der Waals surface area (Å²) in [5.74, 6) is -0.976. The molecule has 4 rings (SSSR count). The fraction of sp³-hybridized carbons (Fsp3) is 0.286. The number of piperidine rings is 1. The van der Waals surface area contributed by atoms with Gasteiger partial charge in [0, 0.05) is 25.3 Å². The summed E-state index contributed by atoms with van der Waals surface area (Å²) >= 11 is 0. The van der Waals surface area contributed by atoms with E-state index in [-0.39, 0.29) is 42.1 Å². The molecule has 11 nitrogen and oxygen atoms in total. The van der Waals surface area contributed by atoms with Gasteiger partial charge in [0.2, 0.25) is 11.9 Å². The number of hydrogen-bond acceptors (Lipinski definition) is 9. The van der Waals surface area contributed by atoms with Gasteiger partial charge in [-0.15, -0.1) is 10.2 Å². The van der Waals surface area contributed by atoms with Crippen LogP contribution in [0.1, 0.15) is 46.2 Å². The predicted octanol–water partition coefficient (Wildman–Crippen LogP) is 3.07. The Balaban J connectivity index is 1.49. The van der Waals surface area contributed by atoms with Crippen molar-refractivity contribution in [3.63, 3.8) is 0 Å². The van der Waals surface area contributed by atoms with Crippen molar-refractivity contribution in [3.8, 4) is 0 Å². The van der Waals surface area contributed by atoms with Crippen molar-refractivity contribution in [1.82, 2.24) is 20.1 Å². The molecule has 1 aliphatic rings. The number of anilines is 3. The molecular weight excluding hydrogens is 498 g/mol. The number of likely N-dealkylation sites (tertiary alicyclic amines) is 1. The molecular formula is C28H31N7O4. The molecule has 39 heavy (non-hydrogen) atoms. The van der Waals surface area contributed by atoms with Crippen LogP contribution in [0.2, 0.25) is 0 Å². The molecule has 0 bridgehead atoms. The van der Waals surface area contributed by atoms with Crippen LogP contribution in [-0.4, -0.2) is 63.5 Å². The molecule has 0 radical (unpaired) electrons. The number of likely N-dealkylation sites (N-methyl/N-ethyl adjacent to an activating group) is 1. The van der Waals surface area contributed by atoms with Gasteiger partial charge in [-0.1, -0.05) is 36.9 Å². The lowest BCUT2D eigenvalue weighted by molar-refractivity contribution is -0.129. The van der Waals surface area contributed by atoms with E-state index < -0.39 is 11.9 Å². The van der Waals surface area contributed by atoms with Crippen LogP contribution in [0.25, 0.3) is 0 Å². The van der Waals surface area contributed by atoms with Crippen molar-refractivity contribution in [1.29, 1.82) is 0 Å². The maximum absolute atomic E-state index is 12.4. The van der Waals surface area contributed by atoms with E-state index in [1.165, 1.54) is 6.08 Å². The number of primary amides is 1. The number of nitrogens with one attached hydrogen (secondary N) is 1. The summed E-state index contributed by atoms with van der Waals surface area (Å²) in [6.07, 6.45) is 2.95. The Labute approximate surface area is 226 Å². The van der Waals surface area contributed by atoms with Gasteiger partial charge < -0.3 is 25.6 Å². The second-order valence-corrected chi connectivity index (χ2v) is 9.23. The largest absolute Gasteiger partial charge is 0.457 e. The van der Waals surface area contributed by atoms with Crippen LogP contribution in [-0.2, 0) is 16.1 Å². The van der Waals surface area contributed by atoms with Gasteiger partial charge in [0.15, 0.2) is 11.5 Å². The molecule has 3 N–H and O–H groups in total. The number of carbonyl (C=O) groups is 3. The highest BCUT2D eigenvalue weighted by Crippen LogP contribution is 2.26. The van der Waals surface area contributed by atoms with Crippen molar-refractivity contribution in [2.24, 2.45) is 5.73 Å². The van der Waals surface area contributed by atoms with Gasteiger partial charge >= 0.3 is 5.97 Å². The van der Waals surface area contributed by atoms with Gasteiger partial charge in [-0.25, -0.2) is 4.79 Å². The SMILES string of the molecule is C=CC(=O)N1CCC[C@@H](N(C)c2nnc(C(N)=O)c(Nc3ccc(C(=O)OCc4ccccc4)cc3)n2)[C@H]1C. The zero-order chi connectivity index (χ0) is 27.9. The van der Waals surface area contributed by atoms with E-state index in [9.17, 15) is 14.4 Å². The summed E-state index contributed by atoms with van der Waals surface area (Å²) in [5, 5.41) is 11.2. The molecule has 202 valence electrons. The predicted molar refractivity (Wildman–Crippen MR) is 146 cm³/mol. The lowest BCUT2D eigenvalue weighted by Crippen LogP contribution is -2.55. The van der Waals surface area contributed by atoms with Gasteiger partial charge in [-0.2, -0.15) is 4.98 Å². The summed E-state index contributed by atoms with van der Waals surface area (Å²) in [6, 6.07) is 15.8. The maximum atomic E-state index is 12.4. The number of benzene rings is 2. The van der Waals surface area contributed by atoms with Crippen LogP contribution >= 0.6 is 0 Å². The minimum absolute atomic E-state index is 0.0714. The van der Waals surface area contributed by atoms with Gasteiger partial charge in [-0.05, 0) is 55.7 Å². The normalized spacial score (nSPS) is 16.7. The van der Waals surface area contributed by atoms with Crippen molar-refractivity contribution in [2.45, 2.75) is 38.5 Å². The van der Waals surface area contributed by atoms with Crippen LogP contribution in [0.15, 0.2) is 67.3 Å². The first-order valence-electron chi connectivity index (χ1n) is 12.6. The summed E-state index contributed by atoms with van der Waals surface area (Å²) in [7, 11) is 1.82. The van der Waals surface area contributed by atoms with Crippen LogP contribution in [0.4, 0.5) is 17.5 Å². The number of esters is 1. The molecule has 1 aliphatic heterocycles. The van der Waals surface area contributed by atoms with Crippen molar-refractivity contribution in [2.75, 3.05) is 23.8 Å². The Morgan fingerprint density at radius 3 is 2.54 bits per heavy atom. The molecule has 1 saturated heterocycles. The monoisotopic (exact) mass is 529 g/mol. The highest BCUT2D eigenvalue weighted by molar-refractivity contribution is 5.96. The Morgan fingerprint density at radius 1 is 1.15 bits per heavy atom. The molecule has 3 aromatic rings. The van der Waals surface area contributed by atoms with E-state index in [1.54, 1.807) is 29.2 Å². The third-order valence-corrected chi connectivity index (χ3v) is 6.72. The molecule has 0 unspecified atom stereocenters. The maximum Gasteiger partial charge on any atom is 0.338 e. The number of amides is 2. The first-order chi connectivity index (χ1) is 18.8. The standard InChI is InChI=1S/C28H31N7O4/c1-4-23(36)35-16-8-11-22(18(35)2)34(3)28-31-26(24(25(29)37)32-33-28)30-21-14-12-20(13-15-21)27(38)39-17-19-9-6-5-7-10-19/h4-7,9-10,12-15,18,22H,1,8,11,16-17H2,2-3H3,(H2,29,37)(H,30,31,33)/t18-,22-/m1/s1. The lowest BCUT2D eigenvalue weighted by Gasteiger charge is -2.42. The van der Waals surface area contributed by atoms with E-state index in [2.05, 4.69) is 27.1 Å². The quantitative estimate of drug-likeness (QED) is 0.316. The minimum atomic E-state index is -0.790. The van der Waals surface area contributed by atoms with E-state index in [0.717, 1.165) is 18.4 Å². The molecule has 0 spiro atoms. The molecule has 2 heterocycles. The Kier molecular flexibility index (Phi) is 8.50. The third-order valence-electron chi connectivity index (χ3n) is 6.72. The smallest absolute Gasteiger partial charge is 0.338 e. The van der Waals surface area contributed by atoms with Gasteiger partial charge in [-0.3, -0.25) is 9.59 Å². The topological polar surface area (TPSA) is 144 Å². The molecule has 0 saturated carbocycles. The van der Waals surface area contributed by atoms with Gasteiger partial charge in [0.1, 0.15) is 6.61 Å². The zero-order valence-electron chi connectivity index (χ0n) is 21.9. The minimum Gasteiger partial charge on any atom is -0.457 e. The number of aromatic nitrogens is 3. The number of carbonyl (C=O) groups excluding carboxylic acids is 3. The number of hydrogen-bond donors (Lipinski definition) is 2. The second kappa shape index (κ2) is 12.2. The summed E-state index contributed by atoms with van der Waals surface area (Å²) < 4.78 is 5.37. The molecule has 11 heteroatoms. The van der Waals surface area contributed by atoms with Crippen LogP contribution in [0.3, 0.4) is 0 Å². The van der Waals surface area contributed by atoms with Crippen LogP contribution in [0, 0.1) is 0 Å². The number of nitrogens with two attached hydrogens (primary N) is 1. The molecule has 1 fully saturated rings. The molecule has 1 aromatic heterocycles. The van der Waals surface area contributed by atoms with Crippen molar-refractivity contribution < 1.29 is 19.1 Å². The van der Waals surface area contributed by atoms with Crippen LogP contribution < -0.4 is 16.0 Å². The average Bonchev–Trinajstić information content (AvgIpc) is 2.96. The van der Waals surface area contributed by atoms with Crippen molar-refractivity contribution >= 4 is 35.2 Å². The van der Waals surface area contributed by atoms with E-state index >= 15 is 0 Å². The van der Waals surface area contributed by atoms with Gasteiger partial charge in [0.05, 0.1) is 11.6 Å². The fourth-order valence-electron chi connectivity index (χ4n) is 4.57. The second-order valence-electron chi connectivity index (χ2n) is 9.23. The van der Waals surface area contributed by atoms with E-state index in [0.29, 0.717) is 17.8 Å². The van der Waals surface area contributed by atoms with E-state index in [1.807, 2.05) is 49.2 Å². The molecule has 0 aliphatic carbocycles. The van der Waals surface area contributed by atoms with Gasteiger partial charge in [0.25, 0.3) is 5.91 Å². The lowest BCUT2D eigenvalue weighted by atomic mass is 9.96. The van der Waals surface area contributed by atoms with E-state index in [4.69, 9.17) is 10.5 Å². The first kappa shape index (κ1) is 27.2. The fourth-order valence-corrected chi connectivity index (χ4v) is 4.57. The van der Waals surface area contributed by atoms with Crippen LogP contribution in [0.5, 0.6) is 0 Å². The first-order valence-corrected chi connectivity index (χ1v) is 12.6. The summed E-state index contributed by atoms with van der Waals surface area (Å²) in [5.41, 5.74) is 7.22. The number of rotatable bonds is 9. The summed E-state index contributed by atoms with van der Waals surface area (Å²) in [4.78, 5) is 44.9. The highest BCUT2D eigenvalue weighted by atomic mass is 16.5.